The smallest absolute Gasteiger partial charge is 0.363 e. The van der Waals surface area contributed by atoms with Crippen LogP contribution >= 0.6 is 0 Å². The molecule has 0 aromatic heterocycles. The molecule has 6 nitrogen and oxygen atoms in total. The van der Waals surface area contributed by atoms with Gasteiger partial charge in [0.15, 0.2) is 17.2 Å². The van der Waals surface area contributed by atoms with Crippen LogP contribution in [0.3, 0.4) is 0 Å². The van der Waals surface area contributed by atoms with E-state index in [1.165, 1.54) is 0 Å². The maximum absolute atomic E-state index is 12.1. The number of fused-ring (bicyclic) bond motifs is 1. The molecule has 0 aliphatic carbocycles. The zero-order chi connectivity index (χ0) is 17.4. The van der Waals surface area contributed by atoms with Crippen molar-refractivity contribution >= 4 is 17.9 Å². The van der Waals surface area contributed by atoms with Gasteiger partial charge in [-0.25, -0.2) is 9.79 Å². The number of carbonyl (C=O) groups excluding carboxylic acids is 1. The van der Waals surface area contributed by atoms with Crippen LogP contribution in [0.1, 0.15) is 16.7 Å². The van der Waals surface area contributed by atoms with Crippen molar-refractivity contribution in [1.29, 1.82) is 0 Å². The molecule has 2 aromatic carbocycles. The van der Waals surface area contributed by atoms with Gasteiger partial charge in [-0.1, -0.05) is 17.7 Å². The lowest BCUT2D eigenvalue weighted by Crippen LogP contribution is -2.05. The predicted octanol–water partition coefficient (Wildman–Crippen LogP) is 3.08. The number of benzene rings is 2. The van der Waals surface area contributed by atoms with E-state index < -0.39 is 5.97 Å². The Bertz CT molecular complexity index is 929. The third kappa shape index (κ3) is 2.82. The van der Waals surface area contributed by atoms with Crippen LogP contribution in [0.15, 0.2) is 47.1 Å². The highest BCUT2D eigenvalue weighted by Gasteiger charge is 2.25. The molecule has 0 N–H and O–H groups in total. The number of rotatable bonds is 3. The SMILES string of the molecule is COc1cc(/C=C2\N=C(c3cccc(C)c3)OC2=O)cc2c1OCO2. The lowest BCUT2D eigenvalue weighted by molar-refractivity contribution is -0.129. The number of ether oxygens (including phenoxy) is 4. The van der Waals surface area contributed by atoms with Crippen LogP contribution in [-0.2, 0) is 9.53 Å². The molecule has 126 valence electrons. The Kier molecular flexibility index (Phi) is 3.65. The Morgan fingerprint density at radius 2 is 2.08 bits per heavy atom. The lowest BCUT2D eigenvalue weighted by Gasteiger charge is -2.05. The van der Waals surface area contributed by atoms with Crippen molar-refractivity contribution in [2.75, 3.05) is 13.9 Å². The minimum atomic E-state index is -0.492. The summed E-state index contributed by atoms with van der Waals surface area (Å²) in [6.45, 7) is 2.11. The Hall–Kier alpha value is -3.28. The van der Waals surface area contributed by atoms with E-state index in [1.807, 2.05) is 31.2 Å². The summed E-state index contributed by atoms with van der Waals surface area (Å²) in [5.41, 5.74) is 2.76. The molecule has 0 atom stereocenters. The first-order chi connectivity index (χ1) is 12.1. The predicted molar refractivity (Wildman–Crippen MR) is 90.9 cm³/mol. The molecule has 2 heterocycles. The van der Waals surface area contributed by atoms with Gasteiger partial charge in [0.25, 0.3) is 0 Å². The van der Waals surface area contributed by atoms with Gasteiger partial charge in [-0.15, -0.1) is 0 Å². The summed E-state index contributed by atoms with van der Waals surface area (Å²) in [4.78, 5) is 16.5. The highest BCUT2D eigenvalue weighted by Crippen LogP contribution is 2.42. The number of aryl methyl sites for hydroxylation is 1. The maximum Gasteiger partial charge on any atom is 0.363 e. The van der Waals surface area contributed by atoms with Crippen molar-refractivity contribution in [3.05, 3.63) is 58.8 Å². The molecule has 2 aliphatic rings. The summed E-state index contributed by atoms with van der Waals surface area (Å²) in [5.74, 6) is 1.47. The largest absolute Gasteiger partial charge is 0.493 e. The van der Waals surface area contributed by atoms with E-state index in [1.54, 1.807) is 25.3 Å². The maximum atomic E-state index is 12.1. The van der Waals surface area contributed by atoms with Crippen LogP contribution in [-0.4, -0.2) is 25.8 Å². The molecule has 0 saturated carbocycles. The molecule has 0 unspecified atom stereocenters. The van der Waals surface area contributed by atoms with Gasteiger partial charge >= 0.3 is 5.97 Å². The molecular weight excluding hydrogens is 322 g/mol. The molecule has 0 spiro atoms. The third-order valence-corrected chi connectivity index (χ3v) is 3.87. The van der Waals surface area contributed by atoms with Crippen LogP contribution < -0.4 is 14.2 Å². The first-order valence-corrected chi connectivity index (χ1v) is 7.71. The van der Waals surface area contributed by atoms with E-state index in [9.17, 15) is 4.79 Å². The van der Waals surface area contributed by atoms with Crippen molar-refractivity contribution in [3.8, 4) is 17.2 Å². The molecule has 0 amide bonds. The molecule has 2 aromatic rings. The van der Waals surface area contributed by atoms with E-state index >= 15 is 0 Å². The van der Waals surface area contributed by atoms with E-state index in [0.717, 1.165) is 11.1 Å². The second-order valence-electron chi connectivity index (χ2n) is 5.66. The average molecular weight is 337 g/mol. The molecule has 0 radical (unpaired) electrons. The Labute approximate surface area is 144 Å². The highest BCUT2D eigenvalue weighted by atomic mass is 16.7. The zero-order valence-corrected chi connectivity index (χ0v) is 13.7. The van der Waals surface area contributed by atoms with Crippen molar-refractivity contribution in [2.24, 2.45) is 4.99 Å². The van der Waals surface area contributed by atoms with Crippen LogP contribution in [0.5, 0.6) is 17.2 Å². The van der Waals surface area contributed by atoms with Crippen LogP contribution in [0.4, 0.5) is 0 Å². The van der Waals surface area contributed by atoms with Crippen molar-refractivity contribution in [2.45, 2.75) is 6.92 Å². The second-order valence-corrected chi connectivity index (χ2v) is 5.66. The quantitative estimate of drug-likeness (QED) is 0.636. The average Bonchev–Trinajstić information content (AvgIpc) is 3.21. The number of esters is 1. The standard InChI is InChI=1S/C19H15NO5/c1-11-4-3-5-13(6-11)18-20-14(19(21)25-18)7-12-8-15(22-2)17-16(9-12)23-10-24-17/h3-9H,10H2,1-2H3/b14-7-. The van der Waals surface area contributed by atoms with Crippen LogP contribution in [0.25, 0.3) is 6.08 Å². The van der Waals surface area contributed by atoms with Crippen LogP contribution in [0.2, 0.25) is 0 Å². The fraction of sp³-hybridized carbons (Fsp3) is 0.158. The number of methoxy groups -OCH3 is 1. The minimum absolute atomic E-state index is 0.142. The summed E-state index contributed by atoms with van der Waals surface area (Å²) in [6, 6.07) is 11.2. The van der Waals surface area contributed by atoms with Crippen LogP contribution in [0, 0.1) is 6.92 Å². The molecular formula is C19H15NO5. The monoisotopic (exact) mass is 337 g/mol. The Morgan fingerprint density at radius 1 is 1.20 bits per heavy atom. The van der Waals surface area contributed by atoms with Gasteiger partial charge in [-0.05, 0) is 42.8 Å². The van der Waals surface area contributed by atoms with Gasteiger partial charge in [0.1, 0.15) is 0 Å². The third-order valence-electron chi connectivity index (χ3n) is 3.87. The van der Waals surface area contributed by atoms with Gasteiger partial charge in [0.2, 0.25) is 18.4 Å². The topological polar surface area (TPSA) is 66.4 Å². The summed E-state index contributed by atoms with van der Waals surface area (Å²) in [7, 11) is 1.55. The Balaban J connectivity index is 1.71. The number of carbonyl (C=O) groups is 1. The van der Waals surface area contributed by atoms with Gasteiger partial charge in [0, 0.05) is 5.56 Å². The molecule has 4 rings (SSSR count). The highest BCUT2D eigenvalue weighted by molar-refractivity contribution is 6.12. The van der Waals surface area contributed by atoms with E-state index in [-0.39, 0.29) is 12.5 Å². The molecule has 25 heavy (non-hydrogen) atoms. The zero-order valence-electron chi connectivity index (χ0n) is 13.7. The second kappa shape index (κ2) is 5.98. The summed E-state index contributed by atoms with van der Waals surface area (Å²) >= 11 is 0. The van der Waals surface area contributed by atoms with Gasteiger partial charge < -0.3 is 18.9 Å². The minimum Gasteiger partial charge on any atom is -0.493 e. The number of hydrogen-bond acceptors (Lipinski definition) is 6. The van der Waals surface area contributed by atoms with Gasteiger partial charge in [0.05, 0.1) is 7.11 Å². The first-order valence-electron chi connectivity index (χ1n) is 7.71. The lowest BCUT2D eigenvalue weighted by atomic mass is 10.1. The summed E-state index contributed by atoms with van der Waals surface area (Å²) < 4.78 is 21.4. The van der Waals surface area contributed by atoms with E-state index in [2.05, 4.69) is 4.99 Å². The molecule has 2 aliphatic heterocycles. The van der Waals surface area contributed by atoms with Crippen molar-refractivity contribution in [1.82, 2.24) is 0 Å². The Morgan fingerprint density at radius 3 is 2.88 bits per heavy atom. The number of aliphatic imine (C=N–C) groups is 1. The van der Waals surface area contributed by atoms with Crippen molar-refractivity contribution < 1.29 is 23.7 Å². The number of nitrogens with zero attached hydrogens (tertiary/aromatic N) is 1. The van der Waals surface area contributed by atoms with Gasteiger partial charge in [-0.3, -0.25) is 0 Å². The number of hydrogen-bond donors (Lipinski definition) is 0. The van der Waals surface area contributed by atoms with Gasteiger partial charge in [-0.2, -0.15) is 0 Å². The molecule has 0 fully saturated rings. The normalized spacial score (nSPS) is 16.8. The fourth-order valence-corrected chi connectivity index (χ4v) is 2.70. The fourth-order valence-electron chi connectivity index (χ4n) is 2.70. The van der Waals surface area contributed by atoms with Crippen molar-refractivity contribution in [3.63, 3.8) is 0 Å². The van der Waals surface area contributed by atoms with E-state index in [4.69, 9.17) is 18.9 Å². The number of cyclic esters (lactones) is 1. The molecule has 0 bridgehead atoms. The summed E-state index contributed by atoms with van der Waals surface area (Å²) in [5, 5.41) is 0. The first kappa shape index (κ1) is 15.3. The van der Waals surface area contributed by atoms with E-state index in [0.29, 0.717) is 28.7 Å². The molecule has 0 saturated heterocycles. The summed E-state index contributed by atoms with van der Waals surface area (Å²) in [6.07, 6.45) is 1.63. The molecule has 6 heteroatoms.